The van der Waals surface area contributed by atoms with Crippen LogP contribution in [0.2, 0.25) is 5.02 Å². The van der Waals surface area contributed by atoms with Crippen LogP contribution in [-0.2, 0) is 16.8 Å². The number of benzene rings is 2. The summed E-state index contributed by atoms with van der Waals surface area (Å²) in [5, 5.41) is 11.0. The second-order valence-electron chi connectivity index (χ2n) is 10.5. The third-order valence-electron chi connectivity index (χ3n) is 8.00. The van der Waals surface area contributed by atoms with E-state index in [9.17, 15) is 27.9 Å². The van der Waals surface area contributed by atoms with Crippen molar-refractivity contribution in [3.8, 4) is 0 Å². The summed E-state index contributed by atoms with van der Waals surface area (Å²) in [7, 11) is 3.36. The van der Waals surface area contributed by atoms with Crippen molar-refractivity contribution in [3.05, 3.63) is 70.2 Å². The van der Waals surface area contributed by atoms with E-state index in [1.165, 1.54) is 21.9 Å². The number of carbonyl (C=O) groups excluding carboxylic acids is 2. The minimum atomic E-state index is -5.12. The summed E-state index contributed by atoms with van der Waals surface area (Å²) in [6.07, 6.45) is -0.0892. The average molecular weight is 537 g/mol. The molecule has 1 aliphatic heterocycles. The number of rotatable bonds is 7. The van der Waals surface area contributed by atoms with Gasteiger partial charge in [-0.1, -0.05) is 48.0 Å². The fourth-order valence-corrected chi connectivity index (χ4v) is 5.89. The normalized spacial score (nSPS) is 20.4. The SMILES string of the molecule is CN(C)C(=O)c1ccc(CCC[C@H]2CC23CCN(C(=O)C(O)(c2ccccc2)C(F)(F)F)CC3)cc1Cl. The van der Waals surface area contributed by atoms with Gasteiger partial charge in [-0.05, 0) is 67.6 Å². The van der Waals surface area contributed by atoms with Crippen LogP contribution in [0.3, 0.4) is 0 Å². The first-order chi connectivity index (χ1) is 17.4. The number of aryl methyl sites for hydroxylation is 1. The number of likely N-dealkylation sites (tertiary alicyclic amines) is 1. The van der Waals surface area contributed by atoms with E-state index in [1.807, 2.05) is 12.1 Å². The van der Waals surface area contributed by atoms with Crippen molar-refractivity contribution < 1.29 is 27.9 Å². The molecule has 0 aromatic heterocycles. The van der Waals surface area contributed by atoms with Crippen molar-refractivity contribution in [1.29, 1.82) is 0 Å². The number of alkyl halides is 3. The van der Waals surface area contributed by atoms with Crippen LogP contribution < -0.4 is 0 Å². The van der Waals surface area contributed by atoms with Gasteiger partial charge >= 0.3 is 6.18 Å². The first-order valence-corrected chi connectivity index (χ1v) is 12.9. The molecule has 9 heteroatoms. The minimum Gasteiger partial charge on any atom is -0.369 e. The van der Waals surface area contributed by atoms with Crippen LogP contribution in [0.15, 0.2) is 48.5 Å². The average Bonchev–Trinajstić information content (AvgIpc) is 3.53. The molecular weight excluding hydrogens is 505 g/mol. The standard InChI is InChI=1S/C28H32ClF3N2O3/c1-33(2)24(35)22-12-11-19(17-23(22)29)7-6-10-21-18-26(21)13-15-34(16-14-26)25(36)27(37,28(30,31)32)20-8-4-3-5-9-20/h3-5,8-9,11-12,17,21,37H,6-7,10,13-16,18H2,1-2H3/t21-,27?/m0/s1. The smallest absolute Gasteiger partial charge is 0.369 e. The van der Waals surface area contributed by atoms with E-state index in [-0.39, 0.29) is 24.4 Å². The van der Waals surface area contributed by atoms with Crippen LogP contribution >= 0.6 is 11.6 Å². The highest BCUT2D eigenvalue weighted by atomic mass is 35.5. The third kappa shape index (κ3) is 5.36. The fourth-order valence-electron chi connectivity index (χ4n) is 5.61. The highest BCUT2D eigenvalue weighted by molar-refractivity contribution is 6.33. The lowest BCUT2D eigenvalue weighted by Crippen LogP contribution is -2.57. The number of halogens is 4. The van der Waals surface area contributed by atoms with Crippen molar-refractivity contribution in [3.63, 3.8) is 0 Å². The van der Waals surface area contributed by atoms with Gasteiger partial charge in [-0.2, -0.15) is 13.2 Å². The van der Waals surface area contributed by atoms with Gasteiger partial charge in [-0.15, -0.1) is 0 Å². The Morgan fingerprint density at radius 2 is 1.76 bits per heavy atom. The van der Waals surface area contributed by atoms with Crippen LogP contribution in [-0.4, -0.2) is 60.1 Å². The molecule has 1 heterocycles. The molecule has 1 N–H and O–H groups in total. The van der Waals surface area contributed by atoms with E-state index < -0.39 is 23.2 Å². The first kappa shape index (κ1) is 27.5. The maximum Gasteiger partial charge on any atom is 0.430 e. The van der Waals surface area contributed by atoms with E-state index in [0.29, 0.717) is 29.3 Å². The minimum absolute atomic E-state index is 0.0690. The lowest BCUT2D eigenvalue weighted by molar-refractivity contribution is -0.262. The van der Waals surface area contributed by atoms with Gasteiger partial charge in [0.2, 0.25) is 0 Å². The Morgan fingerprint density at radius 1 is 1.11 bits per heavy atom. The molecule has 4 rings (SSSR count). The zero-order valence-electron chi connectivity index (χ0n) is 21.0. The van der Waals surface area contributed by atoms with Crippen LogP contribution in [0.1, 0.15) is 53.6 Å². The molecule has 1 saturated carbocycles. The fraction of sp³-hybridized carbons (Fsp3) is 0.500. The molecule has 2 atom stereocenters. The van der Waals surface area contributed by atoms with Crippen molar-refractivity contribution in [2.24, 2.45) is 11.3 Å². The van der Waals surface area contributed by atoms with Gasteiger partial charge < -0.3 is 14.9 Å². The summed E-state index contributed by atoms with van der Waals surface area (Å²) >= 11 is 6.31. The van der Waals surface area contributed by atoms with Gasteiger partial charge in [-0.3, -0.25) is 9.59 Å². The Morgan fingerprint density at radius 3 is 2.32 bits per heavy atom. The maximum absolute atomic E-state index is 13.9. The number of amides is 2. The summed E-state index contributed by atoms with van der Waals surface area (Å²) in [5.41, 5.74) is -2.41. The monoisotopic (exact) mass is 536 g/mol. The van der Waals surface area contributed by atoms with Gasteiger partial charge in [0.05, 0.1) is 10.6 Å². The maximum atomic E-state index is 13.9. The summed E-state index contributed by atoms with van der Waals surface area (Å²) in [4.78, 5) is 27.8. The Hall–Kier alpha value is -2.58. The molecule has 0 radical (unpaired) electrons. The van der Waals surface area contributed by atoms with Gasteiger partial charge in [-0.25, -0.2) is 0 Å². The van der Waals surface area contributed by atoms with E-state index in [4.69, 9.17) is 11.6 Å². The van der Waals surface area contributed by atoms with Crippen LogP contribution in [0.4, 0.5) is 13.2 Å². The van der Waals surface area contributed by atoms with Gasteiger partial charge in [0, 0.05) is 32.7 Å². The second-order valence-corrected chi connectivity index (χ2v) is 10.9. The van der Waals surface area contributed by atoms with E-state index in [1.54, 1.807) is 26.2 Å². The number of carbonyl (C=O) groups is 2. The molecule has 2 fully saturated rings. The topological polar surface area (TPSA) is 60.9 Å². The number of piperidine rings is 1. The Kier molecular flexibility index (Phi) is 7.64. The number of hydrogen-bond acceptors (Lipinski definition) is 3. The molecule has 1 unspecified atom stereocenters. The van der Waals surface area contributed by atoms with E-state index in [2.05, 4.69) is 0 Å². The summed E-state index contributed by atoms with van der Waals surface area (Å²) in [5.74, 6) is -0.962. The number of aliphatic hydroxyl groups is 1. The predicted octanol–water partition coefficient (Wildman–Crippen LogP) is 5.44. The molecule has 1 aliphatic carbocycles. The van der Waals surface area contributed by atoms with Gasteiger partial charge in [0.15, 0.2) is 0 Å². The van der Waals surface area contributed by atoms with Crippen LogP contribution in [0, 0.1) is 11.3 Å². The largest absolute Gasteiger partial charge is 0.430 e. The van der Waals surface area contributed by atoms with E-state index in [0.717, 1.165) is 43.4 Å². The Labute approximate surface area is 220 Å². The highest BCUT2D eigenvalue weighted by Crippen LogP contribution is 2.61. The molecule has 1 spiro atoms. The van der Waals surface area contributed by atoms with Gasteiger partial charge in [0.25, 0.3) is 17.4 Å². The highest BCUT2D eigenvalue weighted by Gasteiger charge is 2.63. The lowest BCUT2D eigenvalue weighted by Gasteiger charge is -2.39. The molecule has 200 valence electrons. The predicted molar refractivity (Wildman–Crippen MR) is 135 cm³/mol. The Bertz CT molecular complexity index is 1150. The van der Waals surface area contributed by atoms with Crippen molar-refractivity contribution in [2.75, 3.05) is 27.2 Å². The molecule has 5 nitrogen and oxygen atoms in total. The molecule has 0 bridgehead atoms. The summed E-state index contributed by atoms with van der Waals surface area (Å²) in [6, 6.07) is 12.1. The summed E-state index contributed by atoms with van der Waals surface area (Å²) in [6.45, 7) is 0.412. The quantitative estimate of drug-likeness (QED) is 0.512. The molecule has 2 aromatic rings. The first-order valence-electron chi connectivity index (χ1n) is 12.5. The summed E-state index contributed by atoms with van der Waals surface area (Å²) < 4.78 is 41.7. The molecule has 2 aliphatic rings. The Balaban J connectivity index is 1.30. The zero-order chi connectivity index (χ0) is 27.0. The second kappa shape index (κ2) is 10.3. The number of nitrogens with zero attached hydrogens (tertiary/aromatic N) is 2. The molecule has 2 amide bonds. The number of hydrogen-bond donors (Lipinski definition) is 1. The zero-order valence-corrected chi connectivity index (χ0v) is 21.8. The van der Waals surface area contributed by atoms with Crippen LogP contribution in [0.5, 0.6) is 0 Å². The lowest BCUT2D eigenvalue weighted by atomic mass is 9.86. The molecule has 37 heavy (non-hydrogen) atoms. The third-order valence-corrected chi connectivity index (χ3v) is 8.32. The van der Waals surface area contributed by atoms with Gasteiger partial charge in [0.1, 0.15) is 0 Å². The van der Waals surface area contributed by atoms with Crippen LogP contribution in [0.25, 0.3) is 0 Å². The van der Waals surface area contributed by atoms with Crippen molar-refractivity contribution in [2.45, 2.75) is 50.3 Å². The van der Waals surface area contributed by atoms with Crippen molar-refractivity contribution in [1.82, 2.24) is 9.80 Å². The molecular formula is C28H32ClF3N2O3. The molecule has 2 aromatic carbocycles. The van der Waals surface area contributed by atoms with Crippen molar-refractivity contribution >= 4 is 23.4 Å². The molecule has 1 saturated heterocycles. The van der Waals surface area contributed by atoms with E-state index >= 15 is 0 Å².